The minimum Gasteiger partial charge on any atom is -0.507 e. The van der Waals surface area contributed by atoms with Gasteiger partial charge in [0.05, 0.1) is 0 Å². The van der Waals surface area contributed by atoms with E-state index in [0.717, 1.165) is 24.0 Å². The van der Waals surface area contributed by atoms with Crippen LogP contribution in [0.2, 0.25) is 0 Å². The Labute approximate surface area is 231 Å². The maximum absolute atomic E-state index is 12.4. The first-order valence-corrected chi connectivity index (χ1v) is 12.5. The van der Waals surface area contributed by atoms with Gasteiger partial charge in [0, 0.05) is 55.2 Å². The zero-order chi connectivity index (χ0) is 29.4. The fourth-order valence-corrected chi connectivity index (χ4v) is 4.77. The number of aromatic hydroxyl groups is 2. The number of fused-ring (bicyclic) bond motifs is 4. The number of aryl methyl sites for hydroxylation is 2. The number of ketones is 2. The van der Waals surface area contributed by atoms with Crippen molar-refractivity contribution in [3.05, 3.63) is 128 Å². The Balaban J connectivity index is 0.000000251. The number of phenolic OH excluding ortho intramolecular Hbond substituents is 2. The third kappa shape index (κ3) is 5.44. The molecule has 0 aliphatic heterocycles. The third-order valence-corrected chi connectivity index (χ3v) is 6.84. The molecule has 0 amide bonds. The highest BCUT2D eigenvalue weighted by Crippen LogP contribution is 2.41. The number of hydrogen-bond acceptors (Lipinski definition) is 8. The average Bonchev–Trinajstić information content (AvgIpc) is 3.04. The van der Waals surface area contributed by atoms with Gasteiger partial charge in [-0.1, -0.05) is 86.6 Å². The Morgan fingerprint density at radius 3 is 1.48 bits per heavy atom. The number of hydrogen-bond donors (Lipinski definition) is 4. The van der Waals surface area contributed by atoms with Crippen molar-refractivity contribution < 1.29 is 31.7 Å². The Morgan fingerprint density at radius 2 is 0.925 bits per heavy atom. The van der Waals surface area contributed by atoms with E-state index in [1.165, 1.54) is 0 Å². The highest BCUT2D eigenvalue weighted by Gasteiger charge is 2.29. The van der Waals surface area contributed by atoms with Crippen LogP contribution in [0.5, 0.6) is 11.5 Å². The molecular formula is C32H30O8. The van der Waals surface area contributed by atoms with Gasteiger partial charge in [-0.3, -0.25) is 20.1 Å². The zero-order valence-electron chi connectivity index (χ0n) is 21.9. The summed E-state index contributed by atoms with van der Waals surface area (Å²) in [5.74, 6) is 0.383. The highest BCUT2D eigenvalue weighted by molar-refractivity contribution is 6.28. The summed E-state index contributed by atoms with van der Waals surface area (Å²) in [7, 11) is 0. The van der Waals surface area contributed by atoms with Gasteiger partial charge in [0.1, 0.15) is 11.5 Å². The Kier molecular flexibility index (Phi) is 9.81. The van der Waals surface area contributed by atoms with E-state index in [9.17, 15) is 19.8 Å². The number of rotatable bonds is 2. The standard InChI is InChI=1S/C16H14O2.C16H12O2.H2O2.O2.H2/c2*1-2-10-7-8-13-14(9-10)16(18)12-6-4-3-5-11(12)15(13)17;2*1-2;/h3-9,17-18H,2H2,1H3;3-9H,2H2,1H3;1-2H;;1H. The van der Waals surface area contributed by atoms with Crippen molar-refractivity contribution in [1.29, 1.82) is 0 Å². The first-order chi connectivity index (χ1) is 19.4. The lowest BCUT2D eigenvalue weighted by Gasteiger charge is -2.17. The maximum atomic E-state index is 12.4. The molecule has 0 fully saturated rings. The van der Waals surface area contributed by atoms with Crippen LogP contribution in [-0.2, 0) is 12.8 Å². The average molecular weight is 543 g/mol. The van der Waals surface area contributed by atoms with Crippen molar-refractivity contribution in [2.45, 2.75) is 26.7 Å². The van der Waals surface area contributed by atoms with E-state index in [1.807, 2.05) is 61.5 Å². The summed E-state index contributed by atoms with van der Waals surface area (Å²) in [5.41, 5.74) is 4.32. The molecule has 5 aromatic rings. The molecule has 0 radical (unpaired) electrons. The largest absolute Gasteiger partial charge is 0.507 e. The van der Waals surface area contributed by atoms with E-state index in [-0.39, 0.29) is 24.5 Å². The molecule has 6 rings (SSSR count). The Morgan fingerprint density at radius 1 is 0.525 bits per heavy atom. The lowest BCUT2D eigenvalue weighted by Crippen LogP contribution is -2.20. The van der Waals surface area contributed by atoms with Gasteiger partial charge >= 0.3 is 0 Å². The number of phenols is 2. The zero-order valence-corrected chi connectivity index (χ0v) is 21.9. The smallest absolute Gasteiger partial charge is 0.194 e. The SMILES string of the molecule is CCc1ccc2c(O)c3ccccc3c(O)c2c1.CCc1ccc2c(c1)C(=O)c1ccccc1C2=O.O=O.OO.[HH]. The van der Waals surface area contributed by atoms with Crippen molar-refractivity contribution in [2.24, 2.45) is 0 Å². The normalized spacial score (nSPS) is 11.2. The van der Waals surface area contributed by atoms with E-state index in [4.69, 9.17) is 20.4 Å². The van der Waals surface area contributed by atoms with Crippen molar-refractivity contribution in [2.75, 3.05) is 0 Å². The van der Waals surface area contributed by atoms with Crippen LogP contribution in [0.3, 0.4) is 0 Å². The predicted molar refractivity (Wildman–Crippen MR) is 157 cm³/mol. The second-order valence-electron chi connectivity index (χ2n) is 8.91. The Bertz CT molecular complexity index is 1700. The lowest BCUT2D eigenvalue weighted by atomic mass is 9.83. The van der Waals surface area contributed by atoms with Gasteiger partial charge in [-0.05, 0) is 36.1 Å². The van der Waals surface area contributed by atoms with Gasteiger partial charge < -0.3 is 10.2 Å². The van der Waals surface area contributed by atoms with Gasteiger partial charge in [-0.15, -0.1) is 0 Å². The van der Waals surface area contributed by atoms with E-state index in [1.54, 1.807) is 30.3 Å². The second-order valence-corrected chi connectivity index (χ2v) is 8.91. The molecule has 0 aromatic heterocycles. The summed E-state index contributed by atoms with van der Waals surface area (Å²) < 4.78 is 0. The van der Waals surface area contributed by atoms with Gasteiger partial charge in [0.2, 0.25) is 0 Å². The first-order valence-electron chi connectivity index (χ1n) is 12.5. The predicted octanol–water partition coefficient (Wildman–Crippen LogP) is 7.32. The molecule has 0 atom stereocenters. The molecule has 40 heavy (non-hydrogen) atoms. The van der Waals surface area contributed by atoms with Crippen LogP contribution in [0, 0.1) is 9.93 Å². The molecule has 5 aromatic carbocycles. The molecule has 0 bridgehead atoms. The summed E-state index contributed by atoms with van der Waals surface area (Å²) in [5, 5.41) is 35.4. The van der Waals surface area contributed by atoms with E-state index in [0.29, 0.717) is 43.8 Å². The van der Waals surface area contributed by atoms with Crippen LogP contribution in [0.1, 0.15) is 58.2 Å². The van der Waals surface area contributed by atoms with E-state index >= 15 is 0 Å². The molecule has 0 saturated heterocycles. The summed E-state index contributed by atoms with van der Waals surface area (Å²) in [6, 6.07) is 25.7. The monoisotopic (exact) mass is 542 g/mol. The second kappa shape index (κ2) is 13.2. The number of benzene rings is 5. The maximum Gasteiger partial charge on any atom is 0.194 e. The minimum atomic E-state index is -0.0529. The Hall–Kier alpha value is -4.92. The van der Waals surface area contributed by atoms with Crippen LogP contribution >= 0.6 is 0 Å². The molecule has 206 valence electrons. The fraction of sp³-hybridized carbons (Fsp3) is 0.125. The summed E-state index contributed by atoms with van der Waals surface area (Å²) in [6.45, 7) is 4.10. The van der Waals surface area contributed by atoms with Crippen molar-refractivity contribution >= 4 is 33.1 Å². The summed E-state index contributed by atoms with van der Waals surface area (Å²) >= 11 is 0. The summed E-state index contributed by atoms with van der Waals surface area (Å²) in [4.78, 5) is 38.7. The molecule has 0 unspecified atom stereocenters. The quantitative estimate of drug-likeness (QED) is 0.0769. The molecule has 0 heterocycles. The molecule has 8 heteroatoms. The molecular weight excluding hydrogens is 512 g/mol. The minimum absolute atomic E-state index is 0. The van der Waals surface area contributed by atoms with Crippen LogP contribution in [-0.4, -0.2) is 32.3 Å². The van der Waals surface area contributed by atoms with Crippen molar-refractivity contribution in [3.63, 3.8) is 0 Å². The van der Waals surface area contributed by atoms with Crippen LogP contribution < -0.4 is 0 Å². The molecule has 1 aliphatic carbocycles. The first kappa shape index (κ1) is 29.6. The van der Waals surface area contributed by atoms with Crippen LogP contribution in [0.4, 0.5) is 0 Å². The lowest BCUT2D eigenvalue weighted by molar-refractivity contribution is -0.176. The van der Waals surface area contributed by atoms with Gasteiger partial charge in [0.15, 0.2) is 11.6 Å². The van der Waals surface area contributed by atoms with E-state index in [2.05, 4.69) is 6.92 Å². The molecule has 0 saturated carbocycles. The molecule has 1 aliphatic rings. The molecule has 4 N–H and O–H groups in total. The van der Waals surface area contributed by atoms with Gasteiger partial charge in [-0.2, -0.15) is 0 Å². The third-order valence-electron chi connectivity index (χ3n) is 6.84. The topological polar surface area (TPSA) is 149 Å². The number of carbonyl (C=O) groups excluding carboxylic acids is 2. The fourth-order valence-electron chi connectivity index (χ4n) is 4.77. The van der Waals surface area contributed by atoms with Crippen LogP contribution in [0.25, 0.3) is 21.5 Å². The van der Waals surface area contributed by atoms with Crippen molar-refractivity contribution in [3.8, 4) is 11.5 Å². The molecule has 8 nitrogen and oxygen atoms in total. The highest BCUT2D eigenvalue weighted by atomic mass is 17.0. The number of carbonyl (C=O) groups is 2. The van der Waals surface area contributed by atoms with Gasteiger partial charge in [0.25, 0.3) is 0 Å². The van der Waals surface area contributed by atoms with Gasteiger partial charge in [-0.25, -0.2) is 0 Å². The van der Waals surface area contributed by atoms with Crippen molar-refractivity contribution in [1.82, 2.24) is 0 Å². The summed E-state index contributed by atoms with van der Waals surface area (Å²) in [6.07, 6.45) is 1.76. The van der Waals surface area contributed by atoms with Crippen LogP contribution in [0.15, 0.2) is 84.9 Å². The molecule has 0 spiro atoms. The van der Waals surface area contributed by atoms with E-state index < -0.39 is 0 Å².